The fraction of sp³-hybridized carbons (Fsp3) is 0.444. The summed E-state index contributed by atoms with van der Waals surface area (Å²) in [6.07, 6.45) is 1.68. The smallest absolute Gasteiger partial charge is 0.253 e. The van der Waals surface area contributed by atoms with Crippen LogP contribution in [0.4, 0.5) is 0 Å². The highest BCUT2D eigenvalue weighted by molar-refractivity contribution is 6.32. The highest BCUT2D eigenvalue weighted by Crippen LogP contribution is 2.22. The minimum atomic E-state index is -0.145. The van der Waals surface area contributed by atoms with Gasteiger partial charge in [-0.2, -0.15) is 0 Å². The van der Waals surface area contributed by atoms with Crippen LogP contribution >= 0.6 is 11.6 Å². The zero-order chi connectivity index (χ0) is 17.2. The van der Waals surface area contributed by atoms with Gasteiger partial charge in [0.2, 0.25) is 0 Å². The number of hydrogen-bond donors (Lipinski definition) is 1. The van der Waals surface area contributed by atoms with Gasteiger partial charge in [-0.1, -0.05) is 17.7 Å². The van der Waals surface area contributed by atoms with E-state index >= 15 is 0 Å². The Balaban J connectivity index is 1.63. The Labute approximate surface area is 146 Å². The Bertz CT molecular complexity index is 748. The first-order valence-corrected chi connectivity index (χ1v) is 8.51. The summed E-state index contributed by atoms with van der Waals surface area (Å²) in [6, 6.07) is 7.22. The maximum atomic E-state index is 12.5. The molecule has 5 nitrogen and oxygen atoms in total. The van der Waals surface area contributed by atoms with Gasteiger partial charge in [0.05, 0.1) is 23.3 Å². The summed E-state index contributed by atoms with van der Waals surface area (Å²) in [5.74, 6) is -0.145. The maximum Gasteiger partial charge on any atom is 0.253 e. The van der Waals surface area contributed by atoms with E-state index in [4.69, 9.17) is 16.3 Å². The largest absolute Gasteiger partial charge is 0.373 e. The Hall–Kier alpha value is -1.69. The second kappa shape index (κ2) is 7.05. The zero-order valence-corrected chi connectivity index (χ0v) is 14.8. The quantitative estimate of drug-likeness (QED) is 0.924. The van der Waals surface area contributed by atoms with Crippen LogP contribution in [-0.4, -0.2) is 54.2 Å². The van der Waals surface area contributed by atoms with Gasteiger partial charge in [0, 0.05) is 42.8 Å². The van der Waals surface area contributed by atoms with E-state index in [-0.39, 0.29) is 11.5 Å². The molecular formula is C18H22ClN3O2. The van der Waals surface area contributed by atoms with E-state index in [0.29, 0.717) is 22.6 Å². The third-order valence-corrected chi connectivity index (χ3v) is 4.35. The van der Waals surface area contributed by atoms with E-state index in [0.717, 1.165) is 31.6 Å². The molecule has 1 saturated heterocycles. The second-order valence-electron chi connectivity index (χ2n) is 6.67. The Morgan fingerprint density at radius 2 is 2.29 bits per heavy atom. The first kappa shape index (κ1) is 17.1. The SMILES string of the molecule is CC1(C)CN(CCNC(=O)c2cc(Cl)cc3cccnc23)CCO1. The number of nitrogens with zero attached hydrogens (tertiary/aromatic N) is 2. The molecule has 0 spiro atoms. The van der Waals surface area contributed by atoms with E-state index in [2.05, 4.69) is 29.0 Å². The predicted molar refractivity (Wildman–Crippen MR) is 95.6 cm³/mol. The van der Waals surface area contributed by atoms with Crippen molar-refractivity contribution >= 4 is 28.4 Å². The minimum Gasteiger partial charge on any atom is -0.373 e. The van der Waals surface area contributed by atoms with Crippen LogP contribution in [0, 0.1) is 0 Å². The molecule has 0 saturated carbocycles. The van der Waals surface area contributed by atoms with Crippen molar-refractivity contribution in [2.45, 2.75) is 19.4 Å². The lowest BCUT2D eigenvalue weighted by Crippen LogP contribution is -2.50. The standard InChI is InChI=1S/C18H22ClN3O2/c1-18(2)12-22(8-9-24-18)7-6-21-17(23)15-11-14(19)10-13-4-3-5-20-16(13)15/h3-5,10-11H,6-9,12H2,1-2H3,(H,21,23). The highest BCUT2D eigenvalue weighted by atomic mass is 35.5. The summed E-state index contributed by atoms with van der Waals surface area (Å²) in [7, 11) is 0. The van der Waals surface area contributed by atoms with Crippen molar-refractivity contribution in [1.82, 2.24) is 15.2 Å². The van der Waals surface area contributed by atoms with E-state index in [9.17, 15) is 4.79 Å². The normalized spacial score (nSPS) is 17.8. The number of hydrogen-bond acceptors (Lipinski definition) is 4. The molecule has 0 unspecified atom stereocenters. The lowest BCUT2D eigenvalue weighted by Gasteiger charge is -2.38. The lowest BCUT2D eigenvalue weighted by atomic mass is 10.1. The average Bonchev–Trinajstić information content (AvgIpc) is 2.53. The number of amides is 1. The van der Waals surface area contributed by atoms with Crippen molar-refractivity contribution in [3.8, 4) is 0 Å². The molecule has 2 heterocycles. The number of aromatic nitrogens is 1. The fourth-order valence-electron chi connectivity index (χ4n) is 3.06. The summed E-state index contributed by atoms with van der Waals surface area (Å²) in [5, 5.41) is 4.38. The van der Waals surface area contributed by atoms with Crippen LogP contribution < -0.4 is 5.32 Å². The molecule has 1 aromatic carbocycles. The molecule has 0 radical (unpaired) electrons. The first-order chi connectivity index (χ1) is 11.4. The number of carbonyl (C=O) groups excluding carboxylic acids is 1. The molecule has 0 bridgehead atoms. The number of fused-ring (bicyclic) bond motifs is 1. The number of carbonyl (C=O) groups is 1. The van der Waals surface area contributed by atoms with Gasteiger partial charge in [-0.05, 0) is 32.0 Å². The monoisotopic (exact) mass is 347 g/mol. The molecule has 3 rings (SSSR count). The van der Waals surface area contributed by atoms with Crippen molar-refractivity contribution in [3.05, 3.63) is 41.0 Å². The summed E-state index contributed by atoms with van der Waals surface area (Å²) in [4.78, 5) is 19.1. The van der Waals surface area contributed by atoms with E-state index in [1.54, 1.807) is 12.3 Å². The molecule has 1 aliphatic heterocycles. The number of nitrogens with one attached hydrogen (secondary N) is 1. The third-order valence-electron chi connectivity index (χ3n) is 4.13. The van der Waals surface area contributed by atoms with Crippen LogP contribution in [0.25, 0.3) is 10.9 Å². The minimum absolute atomic E-state index is 0.130. The second-order valence-corrected chi connectivity index (χ2v) is 7.11. The summed E-state index contributed by atoms with van der Waals surface area (Å²) in [5.41, 5.74) is 1.06. The molecule has 1 fully saturated rings. The molecule has 0 aliphatic carbocycles. The van der Waals surface area contributed by atoms with Gasteiger partial charge in [-0.25, -0.2) is 0 Å². The molecular weight excluding hydrogens is 326 g/mol. The van der Waals surface area contributed by atoms with Crippen LogP contribution in [0.15, 0.2) is 30.5 Å². The molecule has 1 amide bonds. The van der Waals surface area contributed by atoms with Gasteiger partial charge in [0.1, 0.15) is 0 Å². The Morgan fingerprint density at radius 1 is 1.46 bits per heavy atom. The number of halogens is 1. The summed E-state index contributed by atoms with van der Waals surface area (Å²) >= 11 is 6.13. The van der Waals surface area contributed by atoms with E-state index in [1.165, 1.54) is 0 Å². The third kappa shape index (κ3) is 4.04. The van der Waals surface area contributed by atoms with Crippen molar-refractivity contribution in [2.75, 3.05) is 32.8 Å². The number of rotatable bonds is 4. The van der Waals surface area contributed by atoms with Gasteiger partial charge < -0.3 is 10.1 Å². The van der Waals surface area contributed by atoms with Crippen LogP contribution in [-0.2, 0) is 4.74 Å². The summed E-state index contributed by atoms with van der Waals surface area (Å²) in [6.45, 7) is 8.03. The van der Waals surface area contributed by atoms with Crippen molar-refractivity contribution in [3.63, 3.8) is 0 Å². The average molecular weight is 348 g/mol. The van der Waals surface area contributed by atoms with Gasteiger partial charge in [-0.15, -0.1) is 0 Å². The van der Waals surface area contributed by atoms with Gasteiger partial charge >= 0.3 is 0 Å². The van der Waals surface area contributed by atoms with Crippen LogP contribution in [0.2, 0.25) is 5.02 Å². The van der Waals surface area contributed by atoms with E-state index < -0.39 is 0 Å². The molecule has 128 valence electrons. The fourth-order valence-corrected chi connectivity index (χ4v) is 3.28. The van der Waals surface area contributed by atoms with Crippen molar-refractivity contribution in [1.29, 1.82) is 0 Å². The first-order valence-electron chi connectivity index (χ1n) is 8.13. The van der Waals surface area contributed by atoms with Crippen LogP contribution in [0.3, 0.4) is 0 Å². The number of pyridine rings is 1. The number of ether oxygens (including phenoxy) is 1. The molecule has 1 N–H and O–H groups in total. The molecule has 0 atom stereocenters. The summed E-state index contributed by atoms with van der Waals surface area (Å²) < 4.78 is 5.70. The number of benzene rings is 1. The molecule has 6 heteroatoms. The van der Waals surface area contributed by atoms with Gasteiger partial charge in [0.25, 0.3) is 5.91 Å². The Morgan fingerprint density at radius 3 is 3.08 bits per heavy atom. The number of morpholine rings is 1. The van der Waals surface area contributed by atoms with Crippen molar-refractivity contribution in [2.24, 2.45) is 0 Å². The predicted octanol–water partition coefficient (Wildman–Crippen LogP) is 2.73. The molecule has 2 aromatic rings. The van der Waals surface area contributed by atoms with Crippen LogP contribution in [0.5, 0.6) is 0 Å². The molecule has 1 aromatic heterocycles. The van der Waals surface area contributed by atoms with Gasteiger partial charge in [0.15, 0.2) is 0 Å². The Kier molecular flexibility index (Phi) is 5.04. The lowest BCUT2D eigenvalue weighted by molar-refractivity contribution is -0.0853. The molecule has 1 aliphatic rings. The topological polar surface area (TPSA) is 54.5 Å². The zero-order valence-electron chi connectivity index (χ0n) is 14.0. The molecule has 24 heavy (non-hydrogen) atoms. The van der Waals surface area contributed by atoms with Crippen LogP contribution in [0.1, 0.15) is 24.2 Å². The highest BCUT2D eigenvalue weighted by Gasteiger charge is 2.26. The van der Waals surface area contributed by atoms with Gasteiger partial charge in [-0.3, -0.25) is 14.7 Å². The maximum absolute atomic E-state index is 12.5. The van der Waals surface area contributed by atoms with Crippen molar-refractivity contribution < 1.29 is 9.53 Å². The van der Waals surface area contributed by atoms with E-state index in [1.807, 2.05) is 18.2 Å².